The molecule has 8 nitrogen and oxygen atoms in total. The maximum absolute atomic E-state index is 14.7. The number of carbonyl (C=O) groups excluding carboxylic acids is 2. The fraction of sp³-hybridized carbons (Fsp3) is 0.500. The van der Waals surface area contributed by atoms with Gasteiger partial charge < -0.3 is 0 Å². The summed E-state index contributed by atoms with van der Waals surface area (Å²) in [6, 6.07) is 4.98. The molecule has 1 aromatic heterocycles. The number of nitrogens with zero attached hydrogens (tertiary/aromatic N) is 6. The molecule has 2 aliphatic rings. The minimum atomic E-state index is -1.97. The molecule has 0 saturated heterocycles. The molecule has 2 atom stereocenters. The number of benzene rings is 2. The van der Waals surface area contributed by atoms with Crippen molar-refractivity contribution in [3.05, 3.63) is 97.7 Å². The second kappa shape index (κ2) is 19.3. The molecule has 2 aliphatic carbocycles. The molecule has 0 radical (unpaired) electrons. The Hall–Kier alpha value is -4.57. The molecular weight excluding hydrogens is 672 g/mol. The molecule has 1 fully saturated rings. The van der Waals surface area contributed by atoms with Crippen LogP contribution in [-0.4, -0.2) is 28.8 Å². The van der Waals surface area contributed by atoms with Crippen molar-refractivity contribution in [2.24, 2.45) is 16.4 Å². The average Bonchev–Trinajstić information content (AvgIpc) is 3.16. The second-order valence-corrected chi connectivity index (χ2v) is 12.6. The fourth-order valence-electron chi connectivity index (χ4n) is 7.04. The Morgan fingerprint density at radius 3 is 2.25 bits per heavy atom. The SMILES string of the molecule is C=C1CC(C)CC(CC)(Cc2nc3c(nc2N(C)C(=O)Cc2c(C)c(F)c(F)c(F)c2F)CCc2cc(C(=O)N=[N+]=[N-])ccc2-3)C1.CC.CC.CC. The number of amides is 2. The largest absolute Gasteiger partial charge is 0.298 e. The summed E-state index contributed by atoms with van der Waals surface area (Å²) in [5.41, 5.74) is 12.1. The molecule has 0 spiro atoms. The number of aryl methyl sites for hydroxylation is 2. The lowest BCUT2D eigenvalue weighted by atomic mass is 9.65. The molecule has 5 rings (SSSR count). The van der Waals surface area contributed by atoms with Gasteiger partial charge in [-0.05, 0) is 91.0 Å². The number of rotatable bonds is 7. The van der Waals surface area contributed by atoms with Gasteiger partial charge >= 0.3 is 0 Å². The predicted molar refractivity (Wildman–Crippen MR) is 199 cm³/mol. The first-order valence-corrected chi connectivity index (χ1v) is 18.2. The first kappa shape index (κ1) is 43.6. The maximum Gasteiger partial charge on any atom is 0.249 e. The van der Waals surface area contributed by atoms with Gasteiger partial charge in [0.2, 0.25) is 11.8 Å². The minimum absolute atomic E-state index is 0.217. The van der Waals surface area contributed by atoms with Crippen molar-refractivity contribution in [2.75, 3.05) is 11.9 Å². The van der Waals surface area contributed by atoms with Crippen molar-refractivity contribution in [1.29, 1.82) is 0 Å². The van der Waals surface area contributed by atoms with Crippen LogP contribution in [0, 0.1) is 41.5 Å². The van der Waals surface area contributed by atoms with Crippen LogP contribution in [0.15, 0.2) is 35.5 Å². The van der Waals surface area contributed by atoms with Crippen LogP contribution in [0.25, 0.3) is 21.7 Å². The van der Waals surface area contributed by atoms with Crippen LogP contribution in [0.3, 0.4) is 0 Å². The summed E-state index contributed by atoms with van der Waals surface area (Å²) < 4.78 is 57.0. The Morgan fingerprint density at radius 1 is 1.02 bits per heavy atom. The van der Waals surface area contributed by atoms with Gasteiger partial charge in [0.1, 0.15) is 0 Å². The van der Waals surface area contributed by atoms with Crippen LogP contribution in [-0.2, 0) is 30.5 Å². The van der Waals surface area contributed by atoms with Gasteiger partial charge in [0, 0.05) is 28.6 Å². The van der Waals surface area contributed by atoms with E-state index in [1.165, 1.54) is 11.9 Å². The van der Waals surface area contributed by atoms with Crippen LogP contribution in [0.2, 0.25) is 0 Å². The average molecular weight is 725 g/mol. The van der Waals surface area contributed by atoms with E-state index in [-0.39, 0.29) is 16.8 Å². The highest BCUT2D eigenvalue weighted by atomic mass is 19.2. The molecule has 3 aromatic rings. The van der Waals surface area contributed by atoms with E-state index in [0.29, 0.717) is 42.3 Å². The van der Waals surface area contributed by atoms with Gasteiger partial charge in [-0.1, -0.05) is 79.7 Å². The Labute approximate surface area is 305 Å². The second-order valence-electron chi connectivity index (χ2n) is 12.6. The molecular formula is C40H52F4N6O2. The Bertz CT molecular complexity index is 1810. The molecule has 0 bridgehead atoms. The lowest BCUT2D eigenvalue weighted by Crippen LogP contribution is -2.35. The molecule has 2 amide bonds. The molecule has 0 N–H and O–H groups in total. The van der Waals surface area contributed by atoms with E-state index in [4.69, 9.17) is 15.5 Å². The van der Waals surface area contributed by atoms with E-state index in [1.807, 2.05) is 41.5 Å². The van der Waals surface area contributed by atoms with Crippen molar-refractivity contribution >= 4 is 17.6 Å². The van der Waals surface area contributed by atoms with Crippen LogP contribution in [0.4, 0.5) is 23.4 Å². The normalized spacial score (nSPS) is 17.0. The van der Waals surface area contributed by atoms with Gasteiger partial charge in [-0.3, -0.25) is 14.5 Å². The number of allylic oxidation sites excluding steroid dienone is 1. The summed E-state index contributed by atoms with van der Waals surface area (Å²) in [7, 11) is 1.46. The molecule has 1 saturated carbocycles. The van der Waals surface area contributed by atoms with Crippen molar-refractivity contribution in [3.8, 4) is 11.3 Å². The summed E-state index contributed by atoms with van der Waals surface area (Å²) in [6.07, 6.45) is 4.06. The Kier molecular flexibility index (Phi) is 16.2. The molecule has 2 aromatic carbocycles. The molecule has 0 aliphatic heterocycles. The summed E-state index contributed by atoms with van der Waals surface area (Å²) >= 11 is 0. The number of anilines is 1. The number of azide groups is 1. The first-order chi connectivity index (χ1) is 24.8. The fourth-order valence-corrected chi connectivity index (χ4v) is 7.04. The zero-order valence-electron chi connectivity index (χ0n) is 32.2. The van der Waals surface area contributed by atoms with E-state index in [1.54, 1.807) is 18.2 Å². The quantitative estimate of drug-likeness (QED) is 0.0459. The minimum Gasteiger partial charge on any atom is -0.298 e. The van der Waals surface area contributed by atoms with E-state index in [0.717, 1.165) is 49.3 Å². The summed E-state index contributed by atoms with van der Waals surface area (Å²) in [5, 5.41) is 3.18. The van der Waals surface area contributed by atoms with E-state index >= 15 is 0 Å². The zero-order valence-corrected chi connectivity index (χ0v) is 32.2. The number of hydrogen-bond donors (Lipinski definition) is 0. The van der Waals surface area contributed by atoms with Crippen molar-refractivity contribution in [2.45, 2.75) is 114 Å². The summed E-state index contributed by atoms with van der Waals surface area (Å²) in [4.78, 5) is 39.6. The van der Waals surface area contributed by atoms with Gasteiger partial charge in [0.05, 0.1) is 23.5 Å². The predicted octanol–water partition coefficient (Wildman–Crippen LogP) is 11.2. The molecule has 1 heterocycles. The van der Waals surface area contributed by atoms with Gasteiger partial charge in [-0.15, -0.1) is 0 Å². The third kappa shape index (κ3) is 9.26. The zero-order chi connectivity index (χ0) is 39.5. The van der Waals surface area contributed by atoms with Crippen LogP contribution in [0.1, 0.15) is 120 Å². The number of aromatic nitrogens is 2. The number of likely N-dealkylation sites (N-methyl/N-ethyl adjacent to an activating group) is 1. The smallest absolute Gasteiger partial charge is 0.249 e. The number of hydrogen-bond acceptors (Lipinski definition) is 4. The summed E-state index contributed by atoms with van der Waals surface area (Å²) in [5.74, 6) is -7.80. The Balaban J connectivity index is 0.00000148. The number of carbonyl (C=O) groups is 2. The molecule has 12 heteroatoms. The Morgan fingerprint density at radius 2 is 1.65 bits per heavy atom. The first-order valence-electron chi connectivity index (χ1n) is 18.2. The third-order valence-corrected chi connectivity index (χ3v) is 9.37. The van der Waals surface area contributed by atoms with Crippen LogP contribution >= 0.6 is 0 Å². The van der Waals surface area contributed by atoms with Gasteiger partial charge in [0.15, 0.2) is 29.1 Å². The van der Waals surface area contributed by atoms with Crippen molar-refractivity contribution < 1.29 is 27.2 Å². The highest BCUT2D eigenvalue weighted by Crippen LogP contribution is 2.47. The van der Waals surface area contributed by atoms with Crippen LogP contribution < -0.4 is 4.90 Å². The molecule has 282 valence electrons. The lowest BCUT2D eigenvalue weighted by molar-refractivity contribution is -0.117. The molecule has 52 heavy (non-hydrogen) atoms. The lowest BCUT2D eigenvalue weighted by Gasteiger charge is -2.41. The van der Waals surface area contributed by atoms with E-state index in [2.05, 4.69) is 30.5 Å². The standard InChI is InChI=1S/C34H34F4N6O2.3C2H6/c1-6-34(14-17(2)11-18(3)15-34)16-25-32(44(5)26(45)13-23-19(4)27(35)29(37)30(38)28(23)36)41-24-10-8-20-12-21(33(46)42-43-39)7-9-22(20)31(24)40-25;3*1-2/h7,9,12,18H,2,6,8,10-11,13-16H2,1,3-5H3;3*1-2H3. The van der Waals surface area contributed by atoms with E-state index < -0.39 is 52.6 Å². The van der Waals surface area contributed by atoms with Crippen LogP contribution in [0.5, 0.6) is 0 Å². The summed E-state index contributed by atoms with van der Waals surface area (Å²) in [6.45, 7) is 21.6. The van der Waals surface area contributed by atoms with Gasteiger partial charge in [-0.2, -0.15) is 0 Å². The number of fused-ring (bicyclic) bond motifs is 3. The van der Waals surface area contributed by atoms with Crippen molar-refractivity contribution in [1.82, 2.24) is 9.97 Å². The highest BCUT2D eigenvalue weighted by molar-refractivity contribution is 5.96. The monoisotopic (exact) mass is 724 g/mol. The number of halogens is 4. The topological polar surface area (TPSA) is 112 Å². The molecule has 2 unspecified atom stereocenters. The maximum atomic E-state index is 14.7. The third-order valence-electron chi connectivity index (χ3n) is 9.37. The van der Waals surface area contributed by atoms with Crippen molar-refractivity contribution in [3.63, 3.8) is 0 Å². The van der Waals surface area contributed by atoms with Gasteiger partial charge in [-0.25, -0.2) is 27.5 Å². The van der Waals surface area contributed by atoms with Gasteiger partial charge in [0.25, 0.3) is 0 Å². The van der Waals surface area contributed by atoms with E-state index in [9.17, 15) is 27.2 Å². The highest BCUT2D eigenvalue weighted by Gasteiger charge is 2.38.